The maximum atomic E-state index is 12.5. The average molecular weight is 321 g/mol. The van der Waals surface area contributed by atoms with Crippen LogP contribution >= 0.6 is 15.9 Å². The van der Waals surface area contributed by atoms with E-state index in [0.717, 1.165) is 6.92 Å². The monoisotopic (exact) mass is 320 g/mol. The van der Waals surface area contributed by atoms with Gasteiger partial charge in [-0.05, 0) is 30.2 Å². The molecule has 96 valence electrons. The molecule has 0 radical (unpaired) electrons. The third-order valence-electron chi connectivity index (χ3n) is 2.20. The zero-order chi connectivity index (χ0) is 13.4. The minimum absolute atomic E-state index is 0.287. The predicted octanol–water partition coefficient (Wildman–Crippen LogP) is 4.93. The molecule has 0 bridgehead atoms. The van der Waals surface area contributed by atoms with Crippen LogP contribution < -0.4 is 0 Å². The van der Waals surface area contributed by atoms with Gasteiger partial charge in [-0.1, -0.05) is 15.9 Å². The maximum Gasteiger partial charge on any atom is 0.416 e. The Kier molecular flexibility index (Phi) is 3.81. The molecule has 0 aliphatic carbocycles. The second kappa shape index (κ2) is 4.51. The summed E-state index contributed by atoms with van der Waals surface area (Å²) in [5, 5.41) is -0.287. The zero-order valence-corrected chi connectivity index (χ0v) is 10.1. The summed E-state index contributed by atoms with van der Waals surface area (Å²) in [4.78, 5) is 0. The van der Waals surface area contributed by atoms with Gasteiger partial charge >= 0.3 is 12.4 Å². The fraction of sp³-hybridized carbons (Fsp3) is 0.400. The first-order valence-corrected chi connectivity index (χ1v) is 5.53. The molecule has 0 saturated heterocycles. The van der Waals surface area contributed by atoms with Crippen molar-refractivity contribution in [3.63, 3.8) is 0 Å². The van der Waals surface area contributed by atoms with Crippen LogP contribution in [0, 0.1) is 6.92 Å². The van der Waals surface area contributed by atoms with Crippen LogP contribution in [0.5, 0.6) is 0 Å². The van der Waals surface area contributed by atoms with E-state index in [-0.39, 0.29) is 5.33 Å². The SMILES string of the molecule is Cc1cc(C(F)(F)F)c(CBr)cc1C(F)(F)F. The number of halogens is 7. The van der Waals surface area contributed by atoms with Crippen LogP contribution in [0.3, 0.4) is 0 Å². The molecule has 1 aromatic rings. The highest BCUT2D eigenvalue weighted by Crippen LogP contribution is 2.39. The van der Waals surface area contributed by atoms with E-state index < -0.39 is 34.6 Å². The van der Waals surface area contributed by atoms with E-state index in [1.165, 1.54) is 0 Å². The summed E-state index contributed by atoms with van der Waals surface area (Å²) in [6.07, 6.45) is -9.30. The zero-order valence-electron chi connectivity index (χ0n) is 8.51. The lowest BCUT2D eigenvalue weighted by Crippen LogP contribution is -2.14. The van der Waals surface area contributed by atoms with Crippen LogP contribution in [-0.2, 0) is 17.7 Å². The maximum absolute atomic E-state index is 12.5. The predicted molar refractivity (Wildman–Crippen MR) is 53.8 cm³/mol. The molecular weight excluding hydrogens is 314 g/mol. The van der Waals surface area contributed by atoms with Crippen LogP contribution in [0.15, 0.2) is 12.1 Å². The molecule has 0 saturated carbocycles. The van der Waals surface area contributed by atoms with E-state index in [1.54, 1.807) is 0 Å². The third kappa shape index (κ3) is 3.14. The molecule has 0 N–H and O–H groups in total. The fourth-order valence-electron chi connectivity index (χ4n) is 1.43. The number of hydrogen-bond donors (Lipinski definition) is 0. The number of hydrogen-bond acceptors (Lipinski definition) is 0. The van der Waals surface area contributed by atoms with E-state index in [0.29, 0.717) is 12.1 Å². The molecule has 0 atom stereocenters. The van der Waals surface area contributed by atoms with Gasteiger partial charge in [0, 0.05) is 5.33 Å². The number of alkyl halides is 7. The lowest BCUT2D eigenvalue weighted by Gasteiger charge is -2.17. The van der Waals surface area contributed by atoms with Gasteiger partial charge in [-0.3, -0.25) is 0 Å². The van der Waals surface area contributed by atoms with Crippen molar-refractivity contribution >= 4 is 15.9 Å². The highest BCUT2D eigenvalue weighted by molar-refractivity contribution is 9.08. The Bertz CT molecular complexity index is 418. The highest BCUT2D eigenvalue weighted by Gasteiger charge is 2.38. The number of aryl methyl sites for hydroxylation is 1. The van der Waals surface area contributed by atoms with Crippen LogP contribution in [0.4, 0.5) is 26.3 Å². The van der Waals surface area contributed by atoms with Gasteiger partial charge in [0.05, 0.1) is 11.1 Å². The molecule has 0 heterocycles. The molecule has 1 aromatic carbocycles. The Morgan fingerprint density at radius 1 is 0.941 bits per heavy atom. The van der Waals surface area contributed by atoms with Gasteiger partial charge in [-0.15, -0.1) is 0 Å². The second-order valence-corrected chi connectivity index (χ2v) is 4.01. The van der Waals surface area contributed by atoms with E-state index >= 15 is 0 Å². The molecule has 17 heavy (non-hydrogen) atoms. The van der Waals surface area contributed by atoms with E-state index in [9.17, 15) is 26.3 Å². The van der Waals surface area contributed by atoms with Crippen molar-refractivity contribution in [2.45, 2.75) is 24.6 Å². The van der Waals surface area contributed by atoms with Crippen LogP contribution in [0.1, 0.15) is 22.3 Å². The summed E-state index contributed by atoms with van der Waals surface area (Å²) < 4.78 is 75.1. The molecular formula is C10H7BrF6. The number of rotatable bonds is 1. The first-order chi connectivity index (χ1) is 7.57. The Morgan fingerprint density at radius 2 is 1.41 bits per heavy atom. The Balaban J connectivity index is 3.46. The third-order valence-corrected chi connectivity index (χ3v) is 2.81. The molecule has 0 spiro atoms. The fourth-order valence-corrected chi connectivity index (χ4v) is 1.90. The van der Waals surface area contributed by atoms with Gasteiger partial charge < -0.3 is 0 Å². The minimum Gasteiger partial charge on any atom is -0.166 e. The first-order valence-electron chi connectivity index (χ1n) is 4.41. The van der Waals surface area contributed by atoms with E-state index in [1.807, 2.05) is 0 Å². The Morgan fingerprint density at radius 3 is 1.76 bits per heavy atom. The summed E-state index contributed by atoms with van der Waals surface area (Å²) in [5.41, 5.74) is -2.94. The van der Waals surface area contributed by atoms with Crippen LogP contribution in [-0.4, -0.2) is 0 Å². The van der Waals surface area contributed by atoms with Crippen molar-refractivity contribution in [2.75, 3.05) is 0 Å². The first kappa shape index (κ1) is 14.3. The van der Waals surface area contributed by atoms with Crippen LogP contribution in [0.25, 0.3) is 0 Å². The lowest BCUT2D eigenvalue weighted by atomic mass is 9.99. The lowest BCUT2D eigenvalue weighted by molar-refractivity contribution is -0.142. The van der Waals surface area contributed by atoms with Crippen molar-refractivity contribution in [1.29, 1.82) is 0 Å². The van der Waals surface area contributed by atoms with Crippen molar-refractivity contribution in [3.05, 3.63) is 34.4 Å². The van der Waals surface area contributed by atoms with Crippen molar-refractivity contribution < 1.29 is 26.3 Å². The summed E-state index contributed by atoms with van der Waals surface area (Å²) in [5.74, 6) is 0. The summed E-state index contributed by atoms with van der Waals surface area (Å²) in [6, 6.07) is 1.06. The van der Waals surface area contributed by atoms with E-state index in [2.05, 4.69) is 15.9 Å². The van der Waals surface area contributed by atoms with Gasteiger partial charge in [-0.2, -0.15) is 26.3 Å². The van der Waals surface area contributed by atoms with Gasteiger partial charge in [0.2, 0.25) is 0 Å². The number of benzene rings is 1. The molecule has 0 aliphatic rings. The van der Waals surface area contributed by atoms with Crippen molar-refractivity contribution in [1.82, 2.24) is 0 Å². The van der Waals surface area contributed by atoms with Gasteiger partial charge in [0.25, 0.3) is 0 Å². The molecule has 0 unspecified atom stereocenters. The summed E-state index contributed by atoms with van der Waals surface area (Å²) >= 11 is 2.76. The molecule has 0 fully saturated rings. The molecule has 7 heteroatoms. The van der Waals surface area contributed by atoms with Crippen molar-refractivity contribution in [2.24, 2.45) is 0 Å². The summed E-state index contributed by atoms with van der Waals surface area (Å²) in [7, 11) is 0. The summed E-state index contributed by atoms with van der Waals surface area (Å²) in [6.45, 7) is 1.01. The van der Waals surface area contributed by atoms with Crippen LogP contribution in [0.2, 0.25) is 0 Å². The largest absolute Gasteiger partial charge is 0.416 e. The van der Waals surface area contributed by atoms with Gasteiger partial charge in [0.15, 0.2) is 0 Å². The average Bonchev–Trinajstić information content (AvgIpc) is 2.14. The standard InChI is InChI=1S/C10H7BrF6/c1-5-2-8(10(15,16)17)6(4-11)3-7(5)9(12,13)14/h2-3H,4H2,1H3. The second-order valence-electron chi connectivity index (χ2n) is 3.45. The van der Waals surface area contributed by atoms with Gasteiger partial charge in [-0.25, -0.2) is 0 Å². The quantitative estimate of drug-likeness (QED) is 0.508. The molecule has 0 aliphatic heterocycles. The normalized spacial score (nSPS) is 12.9. The molecule has 0 nitrogen and oxygen atoms in total. The molecule has 0 amide bonds. The van der Waals surface area contributed by atoms with E-state index in [4.69, 9.17) is 0 Å². The highest BCUT2D eigenvalue weighted by atomic mass is 79.9. The van der Waals surface area contributed by atoms with Crippen molar-refractivity contribution in [3.8, 4) is 0 Å². The topological polar surface area (TPSA) is 0 Å². The Hall–Kier alpha value is -0.720. The Labute approximate surface area is 102 Å². The molecule has 0 aromatic heterocycles. The molecule has 1 rings (SSSR count). The smallest absolute Gasteiger partial charge is 0.166 e. The van der Waals surface area contributed by atoms with Gasteiger partial charge in [0.1, 0.15) is 0 Å². The minimum atomic E-state index is -4.65.